The van der Waals surface area contributed by atoms with Crippen LogP contribution in [0, 0.1) is 5.92 Å². The lowest BCUT2D eigenvalue weighted by atomic mass is 10.0. The summed E-state index contributed by atoms with van der Waals surface area (Å²) in [6.45, 7) is 2.16. The highest BCUT2D eigenvalue weighted by Crippen LogP contribution is 2.35. The van der Waals surface area contributed by atoms with Crippen molar-refractivity contribution in [2.45, 2.75) is 32.1 Å². The molecule has 1 fully saturated rings. The molecule has 0 saturated carbocycles. The first-order chi connectivity index (χ1) is 10.8. The number of nitrogens with one attached hydrogen (secondary N) is 2. The first-order valence-corrected chi connectivity index (χ1v) is 8.35. The van der Waals surface area contributed by atoms with Crippen molar-refractivity contribution in [3.05, 3.63) is 41.5 Å². The molecule has 1 heterocycles. The Labute approximate surface area is 131 Å². The molecule has 2 aliphatic rings. The summed E-state index contributed by atoms with van der Waals surface area (Å²) in [4.78, 5) is 12.3. The SMILES string of the molecule is O=C(CCC1CCNC1)Nc1ccc2c3c(cccc13)CC2. The number of benzene rings is 2. The topological polar surface area (TPSA) is 41.1 Å². The van der Waals surface area contributed by atoms with Gasteiger partial charge in [0.05, 0.1) is 0 Å². The summed E-state index contributed by atoms with van der Waals surface area (Å²) in [5.41, 5.74) is 3.80. The molecular formula is C19H22N2O. The van der Waals surface area contributed by atoms with E-state index in [1.807, 2.05) is 0 Å². The first-order valence-electron chi connectivity index (χ1n) is 8.35. The van der Waals surface area contributed by atoms with E-state index in [0.717, 1.165) is 38.0 Å². The zero-order valence-electron chi connectivity index (χ0n) is 12.8. The number of rotatable bonds is 4. The zero-order chi connectivity index (χ0) is 14.9. The van der Waals surface area contributed by atoms with Crippen molar-refractivity contribution >= 4 is 22.4 Å². The van der Waals surface area contributed by atoms with Gasteiger partial charge in [-0.2, -0.15) is 0 Å². The van der Waals surface area contributed by atoms with Gasteiger partial charge in [0.15, 0.2) is 0 Å². The molecule has 4 rings (SSSR count). The Morgan fingerprint density at radius 1 is 1.18 bits per heavy atom. The lowest BCUT2D eigenvalue weighted by Crippen LogP contribution is -2.15. The van der Waals surface area contributed by atoms with Crippen molar-refractivity contribution < 1.29 is 4.79 Å². The van der Waals surface area contributed by atoms with Crippen LogP contribution in [-0.4, -0.2) is 19.0 Å². The lowest BCUT2D eigenvalue weighted by molar-refractivity contribution is -0.116. The Bertz CT molecular complexity index is 706. The number of aryl methyl sites for hydroxylation is 2. The highest BCUT2D eigenvalue weighted by molar-refractivity contribution is 6.05. The van der Waals surface area contributed by atoms with Gasteiger partial charge in [-0.05, 0) is 67.3 Å². The Balaban J connectivity index is 1.51. The summed E-state index contributed by atoms with van der Waals surface area (Å²) in [5, 5.41) is 9.05. The van der Waals surface area contributed by atoms with E-state index in [9.17, 15) is 4.79 Å². The van der Waals surface area contributed by atoms with E-state index in [2.05, 4.69) is 41.0 Å². The molecule has 0 bridgehead atoms. The summed E-state index contributed by atoms with van der Waals surface area (Å²) in [5.74, 6) is 0.809. The maximum atomic E-state index is 12.3. The highest BCUT2D eigenvalue weighted by atomic mass is 16.1. The van der Waals surface area contributed by atoms with Crippen LogP contribution >= 0.6 is 0 Å². The van der Waals surface area contributed by atoms with Gasteiger partial charge < -0.3 is 10.6 Å². The molecule has 1 saturated heterocycles. The molecule has 114 valence electrons. The van der Waals surface area contributed by atoms with Crippen LogP contribution in [0.15, 0.2) is 30.3 Å². The fraction of sp³-hybridized carbons (Fsp3) is 0.421. The second-order valence-electron chi connectivity index (χ2n) is 6.56. The number of carbonyl (C=O) groups excluding carboxylic acids is 1. The van der Waals surface area contributed by atoms with Gasteiger partial charge in [-0.3, -0.25) is 4.79 Å². The summed E-state index contributed by atoms with van der Waals surface area (Å²) in [6.07, 6.45) is 5.06. The number of hydrogen-bond acceptors (Lipinski definition) is 2. The fourth-order valence-electron chi connectivity index (χ4n) is 3.86. The molecule has 3 nitrogen and oxygen atoms in total. The van der Waals surface area contributed by atoms with Gasteiger partial charge >= 0.3 is 0 Å². The fourth-order valence-corrected chi connectivity index (χ4v) is 3.86. The number of hydrogen-bond donors (Lipinski definition) is 2. The summed E-state index contributed by atoms with van der Waals surface area (Å²) in [6, 6.07) is 10.7. The second kappa shape index (κ2) is 5.73. The van der Waals surface area contributed by atoms with Crippen LogP contribution in [0.1, 0.15) is 30.4 Å². The molecule has 0 aromatic heterocycles. The zero-order valence-corrected chi connectivity index (χ0v) is 12.8. The van der Waals surface area contributed by atoms with Crippen molar-refractivity contribution in [1.29, 1.82) is 0 Å². The monoisotopic (exact) mass is 294 g/mol. The maximum Gasteiger partial charge on any atom is 0.224 e. The van der Waals surface area contributed by atoms with E-state index in [1.54, 1.807) is 0 Å². The Morgan fingerprint density at radius 3 is 2.86 bits per heavy atom. The van der Waals surface area contributed by atoms with E-state index in [4.69, 9.17) is 0 Å². The van der Waals surface area contributed by atoms with E-state index in [1.165, 1.54) is 28.3 Å². The Morgan fingerprint density at radius 2 is 2.05 bits per heavy atom. The molecule has 1 aliphatic carbocycles. The maximum absolute atomic E-state index is 12.3. The Hall–Kier alpha value is -1.87. The van der Waals surface area contributed by atoms with Crippen molar-refractivity contribution in [3.8, 4) is 0 Å². The normalized spacial score (nSPS) is 19.7. The van der Waals surface area contributed by atoms with Crippen LogP contribution in [0.25, 0.3) is 10.8 Å². The third-order valence-electron chi connectivity index (χ3n) is 5.09. The third-order valence-corrected chi connectivity index (χ3v) is 5.09. The Kier molecular flexibility index (Phi) is 3.59. The second-order valence-corrected chi connectivity index (χ2v) is 6.56. The van der Waals surface area contributed by atoms with E-state index in [-0.39, 0.29) is 5.91 Å². The van der Waals surface area contributed by atoms with Gasteiger partial charge in [0.25, 0.3) is 0 Å². The van der Waals surface area contributed by atoms with Gasteiger partial charge in [-0.1, -0.05) is 24.3 Å². The smallest absolute Gasteiger partial charge is 0.224 e. The largest absolute Gasteiger partial charge is 0.326 e. The molecule has 22 heavy (non-hydrogen) atoms. The van der Waals surface area contributed by atoms with Gasteiger partial charge in [-0.25, -0.2) is 0 Å². The van der Waals surface area contributed by atoms with Crippen LogP contribution in [0.2, 0.25) is 0 Å². The quantitative estimate of drug-likeness (QED) is 0.908. The molecule has 0 spiro atoms. The minimum Gasteiger partial charge on any atom is -0.326 e. The summed E-state index contributed by atoms with van der Waals surface area (Å²) >= 11 is 0. The summed E-state index contributed by atoms with van der Waals surface area (Å²) in [7, 11) is 0. The standard InChI is InChI=1S/C19H22N2O/c22-18(9-4-13-10-11-20-12-13)21-17-8-7-15-6-5-14-2-1-3-16(17)19(14)15/h1-3,7-8,13,20H,4-6,9-12H2,(H,21,22). The van der Waals surface area contributed by atoms with Crippen molar-refractivity contribution in [2.75, 3.05) is 18.4 Å². The third kappa shape index (κ3) is 2.50. The van der Waals surface area contributed by atoms with Crippen LogP contribution in [0.5, 0.6) is 0 Å². The van der Waals surface area contributed by atoms with Gasteiger partial charge in [-0.15, -0.1) is 0 Å². The summed E-state index contributed by atoms with van der Waals surface area (Å²) < 4.78 is 0. The molecule has 0 radical (unpaired) electrons. The first kappa shape index (κ1) is 13.8. The molecule has 3 heteroatoms. The molecule has 1 aliphatic heterocycles. The molecule has 2 N–H and O–H groups in total. The molecule has 1 unspecified atom stereocenters. The van der Waals surface area contributed by atoms with Gasteiger partial charge in [0, 0.05) is 17.5 Å². The van der Waals surface area contributed by atoms with E-state index in [0.29, 0.717) is 12.3 Å². The number of carbonyl (C=O) groups is 1. The predicted octanol–water partition coefficient (Wildman–Crippen LogP) is 3.27. The number of amides is 1. The van der Waals surface area contributed by atoms with Gasteiger partial charge in [0.1, 0.15) is 0 Å². The lowest BCUT2D eigenvalue weighted by Gasteiger charge is -2.12. The average molecular weight is 294 g/mol. The van der Waals surface area contributed by atoms with E-state index >= 15 is 0 Å². The molecule has 1 atom stereocenters. The molecule has 2 aromatic rings. The van der Waals surface area contributed by atoms with Crippen LogP contribution in [0.3, 0.4) is 0 Å². The van der Waals surface area contributed by atoms with Crippen LogP contribution in [0.4, 0.5) is 5.69 Å². The predicted molar refractivity (Wildman–Crippen MR) is 90.2 cm³/mol. The van der Waals surface area contributed by atoms with E-state index < -0.39 is 0 Å². The highest BCUT2D eigenvalue weighted by Gasteiger charge is 2.18. The van der Waals surface area contributed by atoms with Crippen molar-refractivity contribution in [1.82, 2.24) is 5.32 Å². The molecule has 2 aromatic carbocycles. The van der Waals surface area contributed by atoms with Crippen LogP contribution in [-0.2, 0) is 17.6 Å². The minimum absolute atomic E-state index is 0.144. The van der Waals surface area contributed by atoms with Crippen LogP contribution < -0.4 is 10.6 Å². The average Bonchev–Trinajstić information content (AvgIpc) is 3.19. The number of anilines is 1. The van der Waals surface area contributed by atoms with Crippen molar-refractivity contribution in [3.63, 3.8) is 0 Å². The van der Waals surface area contributed by atoms with Gasteiger partial charge in [0.2, 0.25) is 5.91 Å². The molecular weight excluding hydrogens is 272 g/mol. The molecule has 1 amide bonds. The van der Waals surface area contributed by atoms with Crippen molar-refractivity contribution in [2.24, 2.45) is 5.92 Å². The minimum atomic E-state index is 0.144.